The maximum atomic E-state index is 11.4. The summed E-state index contributed by atoms with van der Waals surface area (Å²) in [4.78, 5) is 15.3. The van der Waals surface area contributed by atoms with Gasteiger partial charge in [-0.15, -0.1) is 0 Å². The van der Waals surface area contributed by atoms with Crippen LogP contribution < -0.4 is 11.1 Å². The number of aromatic nitrogens is 1. The van der Waals surface area contributed by atoms with E-state index < -0.39 is 5.91 Å². The van der Waals surface area contributed by atoms with Gasteiger partial charge in [-0.25, -0.2) is 4.98 Å². The molecule has 6 heteroatoms. The van der Waals surface area contributed by atoms with Crippen LogP contribution in [0, 0.1) is 6.92 Å². The zero-order valence-corrected chi connectivity index (χ0v) is 11.6. The molecule has 0 aliphatic heterocycles. The van der Waals surface area contributed by atoms with Gasteiger partial charge >= 0.3 is 0 Å². The Hall–Kier alpha value is -1.78. The van der Waals surface area contributed by atoms with Crippen molar-refractivity contribution in [2.75, 3.05) is 5.32 Å². The number of primary amides is 1. The molecule has 0 fully saturated rings. The molecule has 0 unspecified atom stereocenters. The molecule has 0 spiro atoms. The highest BCUT2D eigenvalue weighted by molar-refractivity contribution is 6.34. The van der Waals surface area contributed by atoms with Gasteiger partial charge in [-0.05, 0) is 18.6 Å². The number of amides is 1. The number of hydrogen-bond donors (Lipinski definition) is 2. The predicted molar refractivity (Wildman–Crippen MR) is 77.2 cm³/mol. The number of nitrogens with two attached hydrogens (primary N) is 1. The molecule has 0 saturated carbocycles. The summed E-state index contributed by atoms with van der Waals surface area (Å²) < 4.78 is 0. The van der Waals surface area contributed by atoms with E-state index in [1.54, 1.807) is 18.2 Å². The molecule has 2 rings (SSSR count). The number of carbonyl (C=O) groups excluding carboxylic acids is 1. The van der Waals surface area contributed by atoms with E-state index in [-0.39, 0.29) is 0 Å². The van der Waals surface area contributed by atoms with Crippen LogP contribution in [-0.4, -0.2) is 10.9 Å². The fraction of sp³-hybridized carbons (Fsp3) is 0.0769. The van der Waals surface area contributed by atoms with E-state index in [1.165, 1.54) is 6.20 Å². The summed E-state index contributed by atoms with van der Waals surface area (Å²) in [5.74, 6) is -0.512. The van der Waals surface area contributed by atoms with Gasteiger partial charge in [-0.1, -0.05) is 35.3 Å². The lowest BCUT2D eigenvalue weighted by Crippen LogP contribution is -2.14. The molecule has 1 amide bonds. The smallest absolute Gasteiger partial charge is 0.250 e. The van der Waals surface area contributed by atoms with Crippen LogP contribution in [0.2, 0.25) is 10.2 Å². The average Bonchev–Trinajstić information content (AvgIpc) is 2.35. The molecule has 0 aliphatic carbocycles. The van der Waals surface area contributed by atoms with Gasteiger partial charge in [0.25, 0.3) is 5.91 Å². The zero-order chi connectivity index (χ0) is 14.0. The summed E-state index contributed by atoms with van der Waals surface area (Å²) in [6, 6.07) is 6.86. The number of anilines is 2. The number of para-hydroxylation sites is 1. The normalized spacial score (nSPS) is 10.3. The van der Waals surface area contributed by atoms with E-state index in [0.717, 1.165) is 5.56 Å². The molecule has 3 N–H and O–H groups in total. The van der Waals surface area contributed by atoms with Crippen molar-refractivity contribution in [2.45, 2.75) is 6.92 Å². The van der Waals surface area contributed by atoms with Crippen LogP contribution in [0.1, 0.15) is 15.9 Å². The van der Waals surface area contributed by atoms with Crippen LogP contribution >= 0.6 is 23.2 Å². The minimum atomic E-state index is -0.512. The van der Waals surface area contributed by atoms with Crippen molar-refractivity contribution in [3.8, 4) is 0 Å². The minimum absolute atomic E-state index is 0.307. The fourth-order valence-electron chi connectivity index (χ4n) is 1.68. The van der Waals surface area contributed by atoms with Gasteiger partial charge in [0.05, 0.1) is 22.0 Å². The Balaban J connectivity index is 2.49. The standard InChI is InChI=1S/C13H11Cl2N3O/c1-7-3-2-4-8(13(16)19)12(7)18-10-5-11(15)17-6-9(10)14/h2-6H,1H3,(H2,16,19)(H,17,18). The third-order valence-electron chi connectivity index (χ3n) is 2.62. The fourth-order valence-corrected chi connectivity index (χ4v) is 1.99. The highest BCUT2D eigenvalue weighted by Crippen LogP contribution is 2.30. The van der Waals surface area contributed by atoms with Gasteiger partial charge in [0, 0.05) is 12.3 Å². The maximum absolute atomic E-state index is 11.4. The van der Waals surface area contributed by atoms with Crippen LogP contribution in [0.3, 0.4) is 0 Å². The molecule has 0 radical (unpaired) electrons. The first-order valence-electron chi connectivity index (χ1n) is 5.46. The third kappa shape index (κ3) is 2.97. The Bertz CT molecular complexity index is 644. The zero-order valence-electron chi connectivity index (χ0n) is 10.1. The highest BCUT2D eigenvalue weighted by Gasteiger charge is 2.12. The van der Waals surface area contributed by atoms with E-state index >= 15 is 0 Å². The molecule has 0 atom stereocenters. The molecule has 2 aromatic rings. The molecule has 1 heterocycles. The lowest BCUT2D eigenvalue weighted by atomic mass is 10.1. The van der Waals surface area contributed by atoms with E-state index in [9.17, 15) is 4.79 Å². The van der Waals surface area contributed by atoms with Crippen LogP contribution in [0.25, 0.3) is 0 Å². The summed E-state index contributed by atoms with van der Waals surface area (Å²) in [5, 5.41) is 3.79. The van der Waals surface area contributed by atoms with Crippen LogP contribution in [0.4, 0.5) is 11.4 Å². The Morgan fingerprint density at radius 3 is 2.79 bits per heavy atom. The predicted octanol–water partition coefficient (Wildman–Crippen LogP) is 3.54. The summed E-state index contributed by atoms with van der Waals surface area (Å²) in [7, 11) is 0. The second kappa shape index (κ2) is 5.47. The Morgan fingerprint density at radius 2 is 2.11 bits per heavy atom. The number of nitrogens with zero attached hydrogens (tertiary/aromatic N) is 1. The van der Waals surface area contributed by atoms with Crippen molar-refractivity contribution in [3.63, 3.8) is 0 Å². The van der Waals surface area contributed by atoms with Crippen molar-refractivity contribution in [1.29, 1.82) is 0 Å². The highest BCUT2D eigenvalue weighted by atomic mass is 35.5. The Morgan fingerprint density at radius 1 is 1.37 bits per heavy atom. The van der Waals surface area contributed by atoms with Gasteiger partial charge in [-0.3, -0.25) is 4.79 Å². The summed E-state index contributed by atoms with van der Waals surface area (Å²) in [5.41, 5.74) is 7.80. The number of rotatable bonds is 3. The lowest BCUT2D eigenvalue weighted by molar-refractivity contribution is 0.100. The number of nitrogens with one attached hydrogen (secondary N) is 1. The first-order valence-corrected chi connectivity index (χ1v) is 6.22. The molecular weight excluding hydrogens is 285 g/mol. The molecule has 0 bridgehead atoms. The van der Waals surface area contributed by atoms with E-state index in [1.807, 2.05) is 13.0 Å². The van der Waals surface area contributed by atoms with Gasteiger partial charge in [0.2, 0.25) is 0 Å². The van der Waals surface area contributed by atoms with E-state index in [2.05, 4.69) is 10.3 Å². The third-order valence-corrected chi connectivity index (χ3v) is 3.13. The van der Waals surface area contributed by atoms with Crippen molar-refractivity contribution in [3.05, 3.63) is 51.8 Å². The monoisotopic (exact) mass is 295 g/mol. The quantitative estimate of drug-likeness (QED) is 0.851. The number of benzene rings is 1. The van der Waals surface area contributed by atoms with Crippen molar-refractivity contribution >= 4 is 40.5 Å². The van der Waals surface area contributed by atoms with Gasteiger partial charge in [0.15, 0.2) is 0 Å². The number of halogens is 2. The first-order chi connectivity index (χ1) is 8.99. The minimum Gasteiger partial charge on any atom is -0.366 e. The summed E-state index contributed by atoms with van der Waals surface area (Å²) >= 11 is 11.9. The second-order valence-electron chi connectivity index (χ2n) is 3.97. The summed E-state index contributed by atoms with van der Waals surface area (Å²) in [6.07, 6.45) is 1.44. The van der Waals surface area contributed by atoms with Crippen LogP contribution in [0.15, 0.2) is 30.5 Å². The van der Waals surface area contributed by atoms with E-state index in [0.29, 0.717) is 27.1 Å². The summed E-state index contributed by atoms with van der Waals surface area (Å²) in [6.45, 7) is 1.87. The van der Waals surface area contributed by atoms with Gasteiger partial charge in [0.1, 0.15) is 5.15 Å². The first kappa shape index (κ1) is 13.6. The Kier molecular flexibility index (Phi) is 3.93. The molecule has 1 aromatic heterocycles. The van der Waals surface area contributed by atoms with Crippen LogP contribution in [-0.2, 0) is 0 Å². The van der Waals surface area contributed by atoms with Gasteiger partial charge in [-0.2, -0.15) is 0 Å². The van der Waals surface area contributed by atoms with Crippen LogP contribution in [0.5, 0.6) is 0 Å². The van der Waals surface area contributed by atoms with Crippen molar-refractivity contribution in [2.24, 2.45) is 5.73 Å². The SMILES string of the molecule is Cc1cccc(C(N)=O)c1Nc1cc(Cl)ncc1Cl. The Labute approximate surface area is 120 Å². The molecular formula is C13H11Cl2N3O. The molecule has 0 saturated heterocycles. The molecule has 0 aliphatic rings. The van der Waals surface area contributed by atoms with Crippen molar-refractivity contribution in [1.82, 2.24) is 4.98 Å². The molecule has 98 valence electrons. The topological polar surface area (TPSA) is 68.0 Å². The van der Waals surface area contributed by atoms with Gasteiger partial charge < -0.3 is 11.1 Å². The number of carbonyl (C=O) groups is 1. The average molecular weight is 296 g/mol. The number of pyridine rings is 1. The maximum Gasteiger partial charge on any atom is 0.250 e. The number of hydrogen-bond acceptors (Lipinski definition) is 3. The number of aryl methyl sites for hydroxylation is 1. The van der Waals surface area contributed by atoms with E-state index in [4.69, 9.17) is 28.9 Å². The van der Waals surface area contributed by atoms with Crippen molar-refractivity contribution < 1.29 is 4.79 Å². The second-order valence-corrected chi connectivity index (χ2v) is 4.77. The molecule has 4 nitrogen and oxygen atoms in total. The molecule has 19 heavy (non-hydrogen) atoms. The lowest BCUT2D eigenvalue weighted by Gasteiger charge is -2.14. The molecule has 1 aromatic carbocycles. The largest absolute Gasteiger partial charge is 0.366 e.